The maximum atomic E-state index is 5.33. The van der Waals surface area contributed by atoms with Crippen LogP contribution in [-0.4, -0.2) is 37.2 Å². The summed E-state index contributed by atoms with van der Waals surface area (Å²) in [5.74, 6) is 0. The summed E-state index contributed by atoms with van der Waals surface area (Å²) in [5, 5.41) is 0. The van der Waals surface area contributed by atoms with Gasteiger partial charge in [-0.3, -0.25) is 4.90 Å². The van der Waals surface area contributed by atoms with Crippen molar-refractivity contribution < 1.29 is 4.74 Å². The Labute approximate surface area is 87.9 Å². The summed E-state index contributed by atoms with van der Waals surface area (Å²) in [7, 11) is 0. The second-order valence-corrected chi connectivity index (χ2v) is 3.96. The van der Waals surface area contributed by atoms with Crippen LogP contribution >= 0.6 is 0 Å². The number of allylic oxidation sites excluding steroid dienone is 1. The molecule has 0 bridgehead atoms. The summed E-state index contributed by atoms with van der Waals surface area (Å²) in [6, 6.07) is 0.579. The minimum absolute atomic E-state index is 0.579. The zero-order valence-electron chi connectivity index (χ0n) is 9.54. The lowest BCUT2D eigenvalue weighted by molar-refractivity contribution is 0.0286. The van der Waals surface area contributed by atoms with E-state index >= 15 is 0 Å². The maximum Gasteiger partial charge on any atom is 0.0594 e. The molecule has 0 spiro atoms. The molecule has 0 aromatic rings. The van der Waals surface area contributed by atoms with Gasteiger partial charge in [0.2, 0.25) is 0 Å². The molecule has 14 heavy (non-hydrogen) atoms. The van der Waals surface area contributed by atoms with Crippen LogP contribution in [0.1, 0.15) is 33.1 Å². The highest BCUT2D eigenvalue weighted by atomic mass is 16.5. The van der Waals surface area contributed by atoms with E-state index in [2.05, 4.69) is 30.9 Å². The molecule has 0 amide bonds. The molecule has 1 aliphatic heterocycles. The van der Waals surface area contributed by atoms with Gasteiger partial charge in [-0.2, -0.15) is 0 Å². The Balaban J connectivity index is 2.18. The minimum atomic E-state index is 0.579. The van der Waals surface area contributed by atoms with Crippen LogP contribution in [0.3, 0.4) is 0 Å². The minimum Gasteiger partial charge on any atom is -0.379 e. The van der Waals surface area contributed by atoms with Crippen LogP contribution in [0.2, 0.25) is 0 Å². The van der Waals surface area contributed by atoms with Crippen molar-refractivity contribution in [2.75, 3.05) is 26.3 Å². The Bertz CT molecular complexity index is 162. The molecular formula is C12H23NO. The van der Waals surface area contributed by atoms with Crippen molar-refractivity contribution in [3.05, 3.63) is 12.2 Å². The lowest BCUT2D eigenvalue weighted by Gasteiger charge is -2.30. The van der Waals surface area contributed by atoms with Gasteiger partial charge in [0.25, 0.3) is 0 Å². The molecule has 2 heteroatoms. The van der Waals surface area contributed by atoms with Crippen LogP contribution in [0.4, 0.5) is 0 Å². The summed E-state index contributed by atoms with van der Waals surface area (Å²) in [4.78, 5) is 2.48. The van der Waals surface area contributed by atoms with Gasteiger partial charge >= 0.3 is 0 Å². The summed E-state index contributed by atoms with van der Waals surface area (Å²) < 4.78 is 5.33. The molecule has 0 saturated carbocycles. The molecule has 1 aliphatic rings. The second-order valence-electron chi connectivity index (χ2n) is 3.96. The Morgan fingerprint density at radius 1 is 1.36 bits per heavy atom. The Morgan fingerprint density at radius 2 is 2.07 bits per heavy atom. The van der Waals surface area contributed by atoms with Gasteiger partial charge in [-0.15, -0.1) is 0 Å². The smallest absolute Gasteiger partial charge is 0.0594 e. The molecule has 0 radical (unpaired) electrons. The Kier molecular flexibility index (Phi) is 5.88. The average molecular weight is 197 g/mol. The monoisotopic (exact) mass is 197 g/mol. The van der Waals surface area contributed by atoms with E-state index in [-0.39, 0.29) is 0 Å². The van der Waals surface area contributed by atoms with Crippen molar-refractivity contribution in [1.29, 1.82) is 0 Å². The van der Waals surface area contributed by atoms with Crippen molar-refractivity contribution >= 4 is 0 Å². The fraction of sp³-hybridized carbons (Fsp3) is 0.833. The molecule has 1 saturated heterocycles. The molecule has 1 unspecified atom stereocenters. The lowest BCUT2D eigenvalue weighted by Crippen LogP contribution is -2.41. The molecule has 1 rings (SSSR count). The zero-order chi connectivity index (χ0) is 10.2. The fourth-order valence-electron chi connectivity index (χ4n) is 1.72. The maximum absolute atomic E-state index is 5.33. The van der Waals surface area contributed by atoms with Crippen LogP contribution in [0.25, 0.3) is 0 Å². The molecule has 0 aromatic heterocycles. The van der Waals surface area contributed by atoms with Crippen molar-refractivity contribution in [1.82, 2.24) is 4.90 Å². The predicted molar refractivity (Wildman–Crippen MR) is 60.5 cm³/mol. The van der Waals surface area contributed by atoms with Crippen LogP contribution in [-0.2, 0) is 4.74 Å². The predicted octanol–water partition coefficient (Wildman–Crippen LogP) is 2.45. The first-order chi connectivity index (χ1) is 6.84. The van der Waals surface area contributed by atoms with Gasteiger partial charge in [0, 0.05) is 19.1 Å². The van der Waals surface area contributed by atoms with Crippen molar-refractivity contribution in [3.8, 4) is 0 Å². The van der Waals surface area contributed by atoms with Gasteiger partial charge in [0.05, 0.1) is 13.2 Å². The number of rotatable bonds is 5. The highest BCUT2D eigenvalue weighted by molar-refractivity contribution is 4.92. The largest absolute Gasteiger partial charge is 0.379 e. The van der Waals surface area contributed by atoms with Crippen LogP contribution in [0, 0.1) is 0 Å². The van der Waals surface area contributed by atoms with Gasteiger partial charge in [-0.05, 0) is 13.3 Å². The molecule has 1 fully saturated rings. The van der Waals surface area contributed by atoms with Gasteiger partial charge in [-0.1, -0.05) is 31.9 Å². The average Bonchev–Trinajstić information content (AvgIpc) is 2.25. The molecular weight excluding hydrogens is 174 g/mol. The zero-order valence-corrected chi connectivity index (χ0v) is 9.54. The fourth-order valence-corrected chi connectivity index (χ4v) is 1.72. The molecule has 0 N–H and O–H groups in total. The van der Waals surface area contributed by atoms with Crippen molar-refractivity contribution in [3.63, 3.8) is 0 Å². The Morgan fingerprint density at radius 3 is 2.71 bits per heavy atom. The summed E-state index contributed by atoms with van der Waals surface area (Å²) in [6.45, 7) is 8.46. The van der Waals surface area contributed by atoms with Gasteiger partial charge in [0.15, 0.2) is 0 Å². The third-order valence-corrected chi connectivity index (χ3v) is 2.76. The first kappa shape index (κ1) is 11.7. The molecule has 1 atom stereocenters. The van der Waals surface area contributed by atoms with E-state index in [0.29, 0.717) is 6.04 Å². The van der Waals surface area contributed by atoms with Crippen molar-refractivity contribution in [2.24, 2.45) is 0 Å². The van der Waals surface area contributed by atoms with Crippen LogP contribution < -0.4 is 0 Å². The summed E-state index contributed by atoms with van der Waals surface area (Å²) in [6.07, 6.45) is 8.48. The third kappa shape index (κ3) is 4.25. The first-order valence-electron chi connectivity index (χ1n) is 5.83. The van der Waals surface area contributed by atoms with Gasteiger partial charge < -0.3 is 4.74 Å². The molecule has 2 nitrogen and oxygen atoms in total. The van der Waals surface area contributed by atoms with Crippen LogP contribution in [0.5, 0.6) is 0 Å². The number of nitrogens with zero attached hydrogens (tertiary/aromatic N) is 1. The summed E-state index contributed by atoms with van der Waals surface area (Å²) >= 11 is 0. The molecule has 82 valence electrons. The number of hydrogen-bond acceptors (Lipinski definition) is 2. The number of unbranched alkanes of at least 4 members (excludes halogenated alkanes) is 2. The molecule has 0 aromatic carbocycles. The summed E-state index contributed by atoms with van der Waals surface area (Å²) in [5.41, 5.74) is 0. The topological polar surface area (TPSA) is 12.5 Å². The Hall–Kier alpha value is -0.340. The number of morpholine rings is 1. The van der Waals surface area contributed by atoms with E-state index in [0.717, 1.165) is 26.3 Å². The highest BCUT2D eigenvalue weighted by Gasteiger charge is 2.13. The van der Waals surface area contributed by atoms with Gasteiger partial charge in [0.1, 0.15) is 0 Å². The van der Waals surface area contributed by atoms with E-state index < -0.39 is 0 Å². The van der Waals surface area contributed by atoms with E-state index in [1.807, 2.05) is 0 Å². The normalized spacial score (nSPS) is 21.6. The van der Waals surface area contributed by atoms with E-state index in [1.165, 1.54) is 19.3 Å². The molecule has 1 heterocycles. The second kappa shape index (κ2) is 7.02. The highest BCUT2D eigenvalue weighted by Crippen LogP contribution is 2.05. The number of hydrogen-bond donors (Lipinski definition) is 0. The van der Waals surface area contributed by atoms with E-state index in [9.17, 15) is 0 Å². The molecule has 0 aliphatic carbocycles. The van der Waals surface area contributed by atoms with Gasteiger partial charge in [-0.25, -0.2) is 0 Å². The number of ether oxygens (including phenoxy) is 1. The van der Waals surface area contributed by atoms with Crippen LogP contribution in [0.15, 0.2) is 12.2 Å². The van der Waals surface area contributed by atoms with Crippen molar-refractivity contribution in [2.45, 2.75) is 39.2 Å². The standard InChI is InChI=1S/C12H23NO/c1-3-4-5-6-7-12(2)13-8-10-14-11-9-13/h6-7,12H,3-5,8-11H2,1-2H3. The lowest BCUT2D eigenvalue weighted by atomic mass is 10.2. The first-order valence-corrected chi connectivity index (χ1v) is 5.83. The van der Waals surface area contributed by atoms with E-state index in [4.69, 9.17) is 4.74 Å². The SMILES string of the molecule is CCCCC=CC(C)N1CCOCC1. The van der Waals surface area contributed by atoms with E-state index in [1.54, 1.807) is 0 Å². The quantitative estimate of drug-likeness (QED) is 0.496. The third-order valence-electron chi connectivity index (χ3n) is 2.76.